The Balaban J connectivity index is 2.31. The lowest BCUT2D eigenvalue weighted by Gasteiger charge is -2.22. The van der Waals surface area contributed by atoms with Crippen molar-refractivity contribution in [3.05, 3.63) is 0 Å². The number of nitrogens with zero attached hydrogens (tertiary/aromatic N) is 1. The van der Waals surface area contributed by atoms with Crippen molar-refractivity contribution in [2.75, 3.05) is 31.6 Å². The monoisotopic (exact) mass is 227 g/mol. The van der Waals surface area contributed by atoms with Crippen LogP contribution in [0.5, 0.6) is 0 Å². The average Bonchev–Trinajstić information content (AvgIpc) is 2.66. The highest BCUT2D eigenvalue weighted by Gasteiger charge is 2.31. The van der Waals surface area contributed by atoms with Crippen LogP contribution in [-0.2, 0) is 0 Å². The Morgan fingerprint density at radius 1 is 1.67 bits per heavy atom. The first-order valence-corrected chi connectivity index (χ1v) is 6.04. The van der Waals surface area contributed by atoms with E-state index in [9.17, 15) is 5.11 Å². The first-order valence-electron chi connectivity index (χ1n) is 4.88. The second-order valence-corrected chi connectivity index (χ2v) is 4.62. The summed E-state index contributed by atoms with van der Waals surface area (Å²) in [5.74, 6) is 4.91. The van der Waals surface area contributed by atoms with E-state index in [1.165, 1.54) is 0 Å². The van der Waals surface area contributed by atoms with Crippen LogP contribution in [0.25, 0.3) is 0 Å². The maximum Gasteiger partial charge on any atom is 0.191 e. The van der Waals surface area contributed by atoms with E-state index in [0.29, 0.717) is 19.0 Å². The molecule has 1 aliphatic heterocycles. The Kier molecular flexibility index (Phi) is 4.79. The summed E-state index contributed by atoms with van der Waals surface area (Å²) >= 11 is 1.78. The van der Waals surface area contributed by atoms with Gasteiger partial charge in [0.05, 0.1) is 12.1 Å². The first kappa shape index (κ1) is 12.2. The zero-order valence-corrected chi connectivity index (χ0v) is 9.73. The molecule has 1 aliphatic rings. The molecule has 15 heavy (non-hydrogen) atoms. The molecule has 0 bridgehead atoms. The third-order valence-corrected chi connectivity index (χ3v) is 3.48. The quantitative estimate of drug-likeness (QED) is 0.350. The maximum absolute atomic E-state index is 10.1. The molecule has 1 saturated heterocycles. The largest absolute Gasteiger partial charge is 0.387 e. The fraction of sp³-hybridized carbons (Fsp3) is 0.700. The zero-order chi connectivity index (χ0) is 11.1. The van der Waals surface area contributed by atoms with E-state index < -0.39 is 5.60 Å². The standard InChI is InChI=1S/C10H17N3OS/c1-3-5-12-9(11-2)13-7-10(14)4-6-15-8-10/h1,14H,4-8H2,2H3,(H2,11,12,13). The number of aliphatic imine (C=N–C) groups is 1. The molecule has 4 nitrogen and oxygen atoms in total. The molecular formula is C10H17N3OS. The highest BCUT2D eigenvalue weighted by Crippen LogP contribution is 2.26. The van der Waals surface area contributed by atoms with Crippen LogP contribution in [0.4, 0.5) is 0 Å². The van der Waals surface area contributed by atoms with Gasteiger partial charge in [0.1, 0.15) is 0 Å². The minimum atomic E-state index is -0.599. The molecule has 1 rings (SSSR count). The lowest BCUT2D eigenvalue weighted by atomic mass is 10.0. The van der Waals surface area contributed by atoms with E-state index in [-0.39, 0.29) is 0 Å². The third-order valence-electron chi connectivity index (χ3n) is 2.25. The molecule has 3 N–H and O–H groups in total. The number of hydrogen-bond acceptors (Lipinski definition) is 3. The lowest BCUT2D eigenvalue weighted by Crippen LogP contribution is -2.47. The Bertz CT molecular complexity index is 266. The van der Waals surface area contributed by atoms with Gasteiger partial charge in [-0.1, -0.05) is 5.92 Å². The van der Waals surface area contributed by atoms with Crippen LogP contribution < -0.4 is 10.6 Å². The Hall–Kier alpha value is -0.860. The molecule has 1 atom stereocenters. The van der Waals surface area contributed by atoms with Gasteiger partial charge < -0.3 is 15.7 Å². The Morgan fingerprint density at radius 3 is 3.00 bits per heavy atom. The fourth-order valence-corrected chi connectivity index (χ4v) is 2.63. The fourth-order valence-electron chi connectivity index (χ4n) is 1.34. The summed E-state index contributed by atoms with van der Waals surface area (Å²) in [4.78, 5) is 4.00. The number of guanidine groups is 1. The molecule has 0 amide bonds. The summed E-state index contributed by atoms with van der Waals surface area (Å²) < 4.78 is 0. The second kappa shape index (κ2) is 5.89. The van der Waals surface area contributed by atoms with Gasteiger partial charge in [-0.2, -0.15) is 11.8 Å². The van der Waals surface area contributed by atoms with Crippen LogP contribution in [-0.4, -0.2) is 48.3 Å². The molecule has 5 heteroatoms. The first-order chi connectivity index (χ1) is 7.20. The van der Waals surface area contributed by atoms with E-state index in [4.69, 9.17) is 6.42 Å². The predicted molar refractivity (Wildman–Crippen MR) is 65.1 cm³/mol. The van der Waals surface area contributed by atoms with Crippen LogP contribution in [0.15, 0.2) is 4.99 Å². The smallest absolute Gasteiger partial charge is 0.191 e. The van der Waals surface area contributed by atoms with Gasteiger partial charge >= 0.3 is 0 Å². The normalized spacial score (nSPS) is 26.1. The minimum absolute atomic E-state index is 0.437. The van der Waals surface area contributed by atoms with Crippen LogP contribution in [0.1, 0.15) is 6.42 Å². The van der Waals surface area contributed by atoms with Crippen molar-refractivity contribution < 1.29 is 5.11 Å². The van der Waals surface area contributed by atoms with E-state index in [1.54, 1.807) is 18.8 Å². The lowest BCUT2D eigenvalue weighted by molar-refractivity contribution is 0.0724. The maximum atomic E-state index is 10.1. The Labute approximate surface area is 94.9 Å². The van der Waals surface area contributed by atoms with Crippen molar-refractivity contribution in [1.29, 1.82) is 0 Å². The summed E-state index contributed by atoms with van der Waals surface area (Å²) in [6.45, 7) is 0.955. The summed E-state index contributed by atoms with van der Waals surface area (Å²) in [5, 5.41) is 16.1. The van der Waals surface area contributed by atoms with Gasteiger partial charge in [-0.05, 0) is 12.2 Å². The van der Waals surface area contributed by atoms with E-state index in [0.717, 1.165) is 17.9 Å². The minimum Gasteiger partial charge on any atom is -0.387 e. The zero-order valence-electron chi connectivity index (χ0n) is 8.92. The molecule has 0 aromatic rings. The van der Waals surface area contributed by atoms with E-state index in [2.05, 4.69) is 21.5 Å². The molecule has 0 spiro atoms. The molecule has 0 aromatic heterocycles. The number of nitrogens with one attached hydrogen (secondary N) is 2. The average molecular weight is 227 g/mol. The summed E-state index contributed by atoms with van der Waals surface area (Å²) in [6.07, 6.45) is 5.96. The molecule has 1 unspecified atom stereocenters. The predicted octanol–water partition coefficient (Wildman–Crippen LogP) is -0.347. The van der Waals surface area contributed by atoms with Gasteiger partial charge in [0, 0.05) is 19.3 Å². The van der Waals surface area contributed by atoms with Gasteiger partial charge in [0.15, 0.2) is 5.96 Å². The summed E-state index contributed by atoms with van der Waals surface area (Å²) in [5.41, 5.74) is -0.599. The molecule has 0 aliphatic carbocycles. The van der Waals surface area contributed by atoms with Gasteiger partial charge in [0.2, 0.25) is 0 Å². The van der Waals surface area contributed by atoms with E-state index in [1.807, 2.05) is 0 Å². The van der Waals surface area contributed by atoms with Crippen molar-refractivity contribution in [1.82, 2.24) is 10.6 Å². The number of rotatable bonds is 3. The van der Waals surface area contributed by atoms with Crippen LogP contribution in [0, 0.1) is 12.3 Å². The number of thioether (sulfide) groups is 1. The van der Waals surface area contributed by atoms with Crippen molar-refractivity contribution in [3.63, 3.8) is 0 Å². The van der Waals surface area contributed by atoms with Crippen molar-refractivity contribution in [2.45, 2.75) is 12.0 Å². The Morgan fingerprint density at radius 2 is 2.47 bits per heavy atom. The number of hydrogen-bond donors (Lipinski definition) is 3. The van der Waals surface area contributed by atoms with Gasteiger partial charge in [-0.3, -0.25) is 4.99 Å². The van der Waals surface area contributed by atoms with Crippen LogP contribution in [0.2, 0.25) is 0 Å². The second-order valence-electron chi connectivity index (χ2n) is 3.51. The molecule has 84 valence electrons. The number of aliphatic hydroxyl groups is 1. The molecule has 0 radical (unpaired) electrons. The molecule has 1 heterocycles. The van der Waals surface area contributed by atoms with Crippen molar-refractivity contribution in [2.24, 2.45) is 4.99 Å². The molecule has 1 fully saturated rings. The van der Waals surface area contributed by atoms with Gasteiger partial charge in [-0.15, -0.1) is 6.42 Å². The van der Waals surface area contributed by atoms with E-state index >= 15 is 0 Å². The summed E-state index contributed by atoms with van der Waals surface area (Å²) in [6, 6.07) is 0. The highest BCUT2D eigenvalue weighted by molar-refractivity contribution is 7.99. The van der Waals surface area contributed by atoms with Crippen molar-refractivity contribution >= 4 is 17.7 Å². The third kappa shape index (κ3) is 4.02. The van der Waals surface area contributed by atoms with Crippen molar-refractivity contribution in [3.8, 4) is 12.3 Å². The molecule has 0 saturated carbocycles. The highest BCUT2D eigenvalue weighted by atomic mass is 32.2. The van der Waals surface area contributed by atoms with Gasteiger partial charge in [0.25, 0.3) is 0 Å². The van der Waals surface area contributed by atoms with Crippen LogP contribution >= 0.6 is 11.8 Å². The van der Waals surface area contributed by atoms with Crippen LogP contribution in [0.3, 0.4) is 0 Å². The summed E-state index contributed by atoms with van der Waals surface area (Å²) in [7, 11) is 1.68. The molecule has 0 aromatic carbocycles. The molecular weight excluding hydrogens is 210 g/mol. The number of terminal acetylenes is 1. The van der Waals surface area contributed by atoms with Gasteiger partial charge in [-0.25, -0.2) is 0 Å². The topological polar surface area (TPSA) is 56.7 Å². The SMILES string of the molecule is C#CCNC(=NC)NCC1(O)CCSC1.